The van der Waals surface area contributed by atoms with Crippen molar-refractivity contribution in [2.75, 3.05) is 18.7 Å². The number of aliphatic carboxylic acids is 2. The Balaban J connectivity index is -0.00000139. The predicted molar refractivity (Wildman–Crippen MR) is 188 cm³/mol. The number of carboxylic acid groups (broad SMARTS) is 2. The van der Waals surface area contributed by atoms with Crippen molar-refractivity contribution in [1.82, 2.24) is 24.6 Å². The number of benzene rings is 1. The molecule has 20 heteroatoms. The van der Waals surface area contributed by atoms with Crippen molar-refractivity contribution in [2.24, 2.45) is 0 Å². The number of halogens is 1. The van der Waals surface area contributed by atoms with E-state index in [0.29, 0.717) is 5.52 Å². The van der Waals surface area contributed by atoms with Crippen molar-refractivity contribution >= 4 is 69.4 Å². The topological polar surface area (TPSA) is 227 Å². The number of rotatable bonds is 13. The van der Waals surface area contributed by atoms with Gasteiger partial charge in [-0.3, -0.25) is 23.5 Å². The van der Waals surface area contributed by atoms with Crippen LogP contribution in [-0.2, 0) is 33.2 Å². The lowest BCUT2D eigenvalue weighted by Gasteiger charge is -2.24. The lowest BCUT2D eigenvalue weighted by atomic mass is 10.3. The first-order chi connectivity index (χ1) is 20.4. The molecule has 272 valence electrons. The number of carbonyl (C=O) groups excluding carboxylic acids is 1. The molecule has 1 aliphatic rings. The second-order valence-electron chi connectivity index (χ2n) is 8.76. The minimum absolute atomic E-state index is 0. The van der Waals surface area contributed by atoms with E-state index in [2.05, 4.69) is 20.0 Å². The molecule has 0 amide bonds. The zero-order valence-corrected chi connectivity index (χ0v) is 26.9. The molecule has 0 unspecified atom stereocenters. The molecular formula is C28H46FN6O10PS2. The summed E-state index contributed by atoms with van der Waals surface area (Å²) < 4.78 is 51.5. The first-order valence-corrected chi connectivity index (χ1v) is 14.5. The van der Waals surface area contributed by atoms with Crippen LogP contribution in [0.25, 0.3) is 11.2 Å². The Morgan fingerprint density at radius 3 is 2.25 bits per heavy atom. The average molecular weight is 741 g/mol. The predicted octanol–water partition coefficient (Wildman–Crippen LogP) is 4.97. The normalized spacial score (nSPS) is 16.2. The molecule has 0 fully saturated rings. The van der Waals surface area contributed by atoms with Crippen LogP contribution in [0.3, 0.4) is 0 Å². The third-order valence-electron chi connectivity index (χ3n) is 5.42. The fourth-order valence-corrected chi connectivity index (χ4v) is 5.19. The number of hydrogen-bond acceptors (Lipinski definition) is 12. The van der Waals surface area contributed by atoms with Gasteiger partial charge in [0.25, 0.3) is 0 Å². The zero-order chi connectivity index (χ0) is 31.6. The number of para-hydroxylation sites is 1. The van der Waals surface area contributed by atoms with Gasteiger partial charge in [-0.2, -0.15) is 27.0 Å². The monoisotopic (exact) mass is 740 g/mol. The number of nitrogens with two attached hydrogens (primary N) is 1. The first-order valence-electron chi connectivity index (χ1n) is 12.7. The minimum Gasteiger partial charge on any atom is -0.481 e. The molecule has 0 saturated heterocycles. The van der Waals surface area contributed by atoms with Crippen LogP contribution in [0, 0.1) is 0 Å². The van der Waals surface area contributed by atoms with E-state index >= 15 is 0 Å². The quantitative estimate of drug-likeness (QED) is 0.134. The number of esters is 1. The molecule has 4 rings (SSSR count). The smallest absolute Gasteiger partial charge is 0.342 e. The van der Waals surface area contributed by atoms with Crippen LogP contribution in [0.1, 0.15) is 55.2 Å². The van der Waals surface area contributed by atoms with E-state index < -0.39 is 56.2 Å². The first kappa shape index (κ1) is 48.7. The highest BCUT2D eigenvalue weighted by atomic mass is 32.1. The fourth-order valence-electron chi connectivity index (χ4n) is 3.51. The SMILES string of the molecule is C.C.C.CCOC(=O)[C@H](C)N[P@](=O)(CO[C@@H]1C=C(F)[C@H](n2cnc3c(N)ncnc32)O1)Oc1ccccc1.O=C(O)CCC(=O)O.S.S. The number of imidazole rings is 1. The lowest BCUT2D eigenvalue weighted by Crippen LogP contribution is -2.36. The third-order valence-corrected chi connectivity index (χ3v) is 7.20. The van der Waals surface area contributed by atoms with E-state index in [1.54, 1.807) is 37.3 Å². The Kier molecular flexibility index (Phi) is 23.1. The number of anilines is 1. The van der Waals surface area contributed by atoms with E-state index in [4.69, 9.17) is 34.7 Å². The Bertz CT molecular complexity index is 1500. The van der Waals surface area contributed by atoms with Crippen molar-refractivity contribution in [3.63, 3.8) is 0 Å². The molecule has 3 heterocycles. The average Bonchev–Trinajstić information content (AvgIpc) is 3.55. The second-order valence-corrected chi connectivity index (χ2v) is 10.8. The largest absolute Gasteiger partial charge is 0.481 e. The zero-order valence-electron chi connectivity index (χ0n) is 24.0. The van der Waals surface area contributed by atoms with Crippen molar-refractivity contribution in [1.29, 1.82) is 0 Å². The highest BCUT2D eigenvalue weighted by molar-refractivity contribution is 7.59. The van der Waals surface area contributed by atoms with Gasteiger partial charge in [-0.15, -0.1) is 0 Å². The standard InChI is InChI=1S/C21H24FN6O6P.C4H6O4.3CH4.2H2S/c1-3-31-21(29)13(2)27-35(30,34-14-7-5-4-6-8-14)12-32-16-9-15(22)20(33-16)28-11-26-17-18(23)24-10-25-19(17)28;5-3(6)1-2-4(7)8;;;;;/h4-11,13,16,20H,3,12H2,1-2H3,(H,27,30)(H2,23,24,25);1-2H2,(H,5,6)(H,7,8);3*1H4;2*1H2/t13-,16-,20+,35-;;;;;;/m0....../s1. The van der Waals surface area contributed by atoms with Crippen molar-refractivity contribution in [3.8, 4) is 5.75 Å². The number of ether oxygens (including phenoxy) is 3. The number of hydrogen-bond donors (Lipinski definition) is 4. The number of carbonyl (C=O) groups is 3. The molecule has 1 aliphatic heterocycles. The highest BCUT2D eigenvalue weighted by Crippen LogP contribution is 2.45. The third kappa shape index (κ3) is 14.2. The van der Waals surface area contributed by atoms with Gasteiger partial charge in [0.1, 0.15) is 23.6 Å². The maximum atomic E-state index is 14.8. The summed E-state index contributed by atoms with van der Waals surface area (Å²) >= 11 is 0. The van der Waals surface area contributed by atoms with Crippen molar-refractivity contribution in [3.05, 3.63) is 54.9 Å². The Morgan fingerprint density at radius 2 is 1.69 bits per heavy atom. The maximum absolute atomic E-state index is 14.8. The summed E-state index contributed by atoms with van der Waals surface area (Å²) in [5.74, 6) is -3.00. The van der Waals surface area contributed by atoms with Crippen LogP contribution in [0.2, 0.25) is 0 Å². The number of nitrogen functional groups attached to an aromatic ring is 1. The number of nitrogens with zero attached hydrogens (tertiary/aromatic N) is 4. The lowest BCUT2D eigenvalue weighted by molar-refractivity contribution is -0.144. The van der Waals surface area contributed by atoms with Crippen LogP contribution in [-0.4, -0.2) is 72.9 Å². The molecule has 0 bridgehead atoms. The van der Waals surface area contributed by atoms with Crippen molar-refractivity contribution < 1.29 is 52.3 Å². The van der Waals surface area contributed by atoms with E-state index in [0.717, 1.165) is 6.08 Å². The van der Waals surface area contributed by atoms with Gasteiger partial charge < -0.3 is 34.7 Å². The Labute approximate surface area is 292 Å². The highest BCUT2D eigenvalue weighted by Gasteiger charge is 2.36. The molecule has 5 N–H and O–H groups in total. The molecular weight excluding hydrogens is 694 g/mol. The van der Waals surface area contributed by atoms with Gasteiger partial charge in [-0.05, 0) is 26.0 Å². The number of nitrogens with one attached hydrogen (secondary N) is 1. The van der Waals surface area contributed by atoms with E-state index in [-0.39, 0.29) is 85.9 Å². The molecule has 4 atom stereocenters. The van der Waals surface area contributed by atoms with Gasteiger partial charge in [0, 0.05) is 6.08 Å². The Morgan fingerprint density at radius 1 is 1.08 bits per heavy atom. The minimum atomic E-state index is -3.83. The summed E-state index contributed by atoms with van der Waals surface area (Å²) in [7, 11) is -3.83. The summed E-state index contributed by atoms with van der Waals surface area (Å²) in [5.41, 5.74) is 6.35. The molecule has 16 nitrogen and oxygen atoms in total. The summed E-state index contributed by atoms with van der Waals surface area (Å²) in [6.07, 6.45) is 0.0833. The van der Waals surface area contributed by atoms with Crippen molar-refractivity contribution in [2.45, 2.75) is 67.5 Å². The summed E-state index contributed by atoms with van der Waals surface area (Å²) in [4.78, 5) is 43.4. The number of carboxylic acids is 2. The number of fused-ring (bicyclic) bond motifs is 1. The molecule has 2 aromatic heterocycles. The Hall–Kier alpha value is -3.74. The summed E-state index contributed by atoms with van der Waals surface area (Å²) in [6, 6.07) is 7.40. The molecule has 0 spiro atoms. The molecule has 0 radical (unpaired) electrons. The van der Waals surface area contributed by atoms with Crippen LogP contribution >= 0.6 is 34.5 Å². The fraction of sp³-hybridized carbons (Fsp3) is 0.429. The summed E-state index contributed by atoms with van der Waals surface area (Å²) in [5, 5.41) is 18.4. The van der Waals surface area contributed by atoms with E-state index in [9.17, 15) is 23.3 Å². The second kappa shape index (κ2) is 22.8. The van der Waals surface area contributed by atoms with E-state index in [1.807, 2.05) is 0 Å². The molecule has 1 aromatic carbocycles. The number of aromatic nitrogens is 4. The molecule has 0 saturated carbocycles. The van der Waals surface area contributed by atoms with Gasteiger partial charge >= 0.3 is 25.4 Å². The van der Waals surface area contributed by atoms with Crippen LogP contribution < -0.4 is 15.3 Å². The van der Waals surface area contributed by atoms with Gasteiger partial charge in [0.05, 0.1) is 25.8 Å². The molecule has 0 aliphatic carbocycles. The maximum Gasteiger partial charge on any atom is 0.342 e. The van der Waals surface area contributed by atoms with Gasteiger partial charge in [-0.1, -0.05) is 40.5 Å². The molecule has 3 aromatic rings. The summed E-state index contributed by atoms with van der Waals surface area (Å²) in [6.45, 7) is 3.30. The van der Waals surface area contributed by atoms with Gasteiger partial charge in [0.15, 0.2) is 36.2 Å². The van der Waals surface area contributed by atoms with Crippen LogP contribution in [0.15, 0.2) is 54.9 Å². The van der Waals surface area contributed by atoms with Crippen LogP contribution in [0.5, 0.6) is 5.75 Å². The van der Waals surface area contributed by atoms with Gasteiger partial charge in [-0.25, -0.2) is 24.4 Å². The molecule has 48 heavy (non-hydrogen) atoms. The van der Waals surface area contributed by atoms with Gasteiger partial charge in [0.2, 0.25) is 0 Å². The van der Waals surface area contributed by atoms with Crippen LogP contribution in [0.4, 0.5) is 10.2 Å². The van der Waals surface area contributed by atoms with E-state index in [1.165, 1.54) is 24.1 Å².